The molecule has 4 rings (SSSR count). The molecule has 0 aliphatic heterocycles. The SMILES string of the molecule is CC(NC(=O)c1cc2ccccc2oc1=O)C(c1ccccc1)c1ccccc1. The van der Waals surface area contributed by atoms with Crippen LogP contribution in [0, 0.1) is 0 Å². The third kappa shape index (κ3) is 3.97. The van der Waals surface area contributed by atoms with Gasteiger partial charge in [-0.15, -0.1) is 0 Å². The zero-order valence-electron chi connectivity index (χ0n) is 16.0. The van der Waals surface area contributed by atoms with Crippen LogP contribution in [0.1, 0.15) is 34.3 Å². The van der Waals surface area contributed by atoms with Crippen LogP contribution in [0.15, 0.2) is 100 Å². The Balaban J connectivity index is 1.66. The second-order valence-corrected chi connectivity index (χ2v) is 7.05. The first kappa shape index (κ1) is 18.7. The van der Waals surface area contributed by atoms with Crippen molar-refractivity contribution in [2.75, 3.05) is 0 Å². The number of hydrogen-bond acceptors (Lipinski definition) is 3. The summed E-state index contributed by atoms with van der Waals surface area (Å²) in [6, 6.07) is 28.6. The minimum atomic E-state index is -0.635. The van der Waals surface area contributed by atoms with Crippen molar-refractivity contribution in [3.63, 3.8) is 0 Å². The molecule has 0 radical (unpaired) electrons. The number of hydrogen-bond donors (Lipinski definition) is 1. The summed E-state index contributed by atoms with van der Waals surface area (Å²) >= 11 is 0. The molecule has 0 fully saturated rings. The number of carbonyl (C=O) groups excluding carboxylic acids is 1. The molecular weight excluding hydrogens is 362 g/mol. The van der Waals surface area contributed by atoms with Crippen LogP contribution in [0.2, 0.25) is 0 Å². The fourth-order valence-corrected chi connectivity index (χ4v) is 3.68. The molecule has 1 aromatic heterocycles. The molecule has 4 nitrogen and oxygen atoms in total. The van der Waals surface area contributed by atoms with Crippen LogP contribution in [0.25, 0.3) is 11.0 Å². The van der Waals surface area contributed by atoms with Crippen molar-refractivity contribution in [2.45, 2.75) is 18.9 Å². The molecule has 0 saturated carbocycles. The lowest BCUT2D eigenvalue weighted by molar-refractivity contribution is 0.0933. The lowest BCUT2D eigenvalue weighted by Crippen LogP contribution is -2.39. The Morgan fingerprint density at radius 2 is 1.38 bits per heavy atom. The van der Waals surface area contributed by atoms with E-state index in [0.29, 0.717) is 11.0 Å². The predicted molar refractivity (Wildman–Crippen MR) is 114 cm³/mol. The van der Waals surface area contributed by atoms with E-state index in [1.165, 1.54) is 0 Å². The molecule has 144 valence electrons. The quantitative estimate of drug-likeness (QED) is 0.506. The summed E-state index contributed by atoms with van der Waals surface area (Å²) in [7, 11) is 0. The van der Waals surface area contributed by atoms with Gasteiger partial charge in [0.2, 0.25) is 0 Å². The fraction of sp³-hybridized carbons (Fsp3) is 0.120. The smallest absolute Gasteiger partial charge is 0.349 e. The maximum atomic E-state index is 12.9. The molecule has 29 heavy (non-hydrogen) atoms. The van der Waals surface area contributed by atoms with Gasteiger partial charge in [0.05, 0.1) is 0 Å². The Bertz CT molecular complexity index is 1140. The molecule has 0 aliphatic rings. The molecule has 4 heteroatoms. The van der Waals surface area contributed by atoms with E-state index < -0.39 is 11.5 Å². The van der Waals surface area contributed by atoms with Gasteiger partial charge in [-0.25, -0.2) is 4.79 Å². The van der Waals surface area contributed by atoms with Gasteiger partial charge in [-0.3, -0.25) is 4.79 Å². The summed E-state index contributed by atoms with van der Waals surface area (Å²) in [5.74, 6) is -0.484. The normalized spacial score (nSPS) is 12.1. The van der Waals surface area contributed by atoms with E-state index in [1.807, 2.05) is 79.7 Å². The highest BCUT2D eigenvalue weighted by Crippen LogP contribution is 2.28. The third-order valence-corrected chi connectivity index (χ3v) is 5.06. The number of fused-ring (bicyclic) bond motifs is 1. The number of nitrogens with one attached hydrogen (secondary N) is 1. The Morgan fingerprint density at radius 3 is 2.00 bits per heavy atom. The summed E-state index contributed by atoms with van der Waals surface area (Å²) in [5.41, 5.74) is 2.03. The fourth-order valence-electron chi connectivity index (χ4n) is 3.68. The minimum absolute atomic E-state index is 0.00965. The largest absolute Gasteiger partial charge is 0.422 e. The molecule has 1 amide bonds. The van der Waals surface area contributed by atoms with Gasteiger partial charge in [-0.05, 0) is 30.2 Å². The van der Waals surface area contributed by atoms with E-state index in [4.69, 9.17) is 4.42 Å². The number of rotatable bonds is 5. The van der Waals surface area contributed by atoms with Crippen LogP contribution in [0.5, 0.6) is 0 Å². The standard InChI is InChI=1S/C25H21NO3/c1-17(23(18-10-4-2-5-11-18)19-12-6-3-7-13-19)26-24(27)21-16-20-14-8-9-15-22(20)29-25(21)28/h2-17,23H,1H3,(H,26,27). The molecule has 0 aliphatic carbocycles. The van der Waals surface area contributed by atoms with E-state index in [1.54, 1.807) is 18.2 Å². The molecule has 1 atom stereocenters. The second-order valence-electron chi connectivity index (χ2n) is 7.05. The number of carbonyl (C=O) groups is 1. The molecule has 4 aromatic rings. The molecule has 3 aromatic carbocycles. The topological polar surface area (TPSA) is 59.3 Å². The van der Waals surface area contributed by atoms with Gasteiger partial charge >= 0.3 is 5.63 Å². The van der Waals surface area contributed by atoms with Gasteiger partial charge in [-0.1, -0.05) is 78.9 Å². The van der Waals surface area contributed by atoms with Crippen molar-refractivity contribution < 1.29 is 9.21 Å². The molecule has 0 bridgehead atoms. The Labute approximate surface area is 168 Å². The van der Waals surface area contributed by atoms with Crippen molar-refractivity contribution in [3.8, 4) is 0 Å². The van der Waals surface area contributed by atoms with E-state index in [9.17, 15) is 9.59 Å². The predicted octanol–water partition coefficient (Wildman–Crippen LogP) is 4.74. The first-order chi connectivity index (χ1) is 14.1. The monoisotopic (exact) mass is 383 g/mol. The van der Waals surface area contributed by atoms with E-state index in [2.05, 4.69) is 5.32 Å². The number of amides is 1. The van der Waals surface area contributed by atoms with Gasteiger partial charge in [0, 0.05) is 17.3 Å². The molecular formula is C25H21NO3. The summed E-state index contributed by atoms with van der Waals surface area (Å²) in [6.45, 7) is 1.95. The average Bonchev–Trinajstić information content (AvgIpc) is 2.75. The van der Waals surface area contributed by atoms with Crippen molar-refractivity contribution in [1.29, 1.82) is 0 Å². The van der Waals surface area contributed by atoms with Crippen molar-refractivity contribution in [3.05, 3.63) is 118 Å². The molecule has 1 heterocycles. The summed E-state index contributed by atoms with van der Waals surface area (Å²) < 4.78 is 5.31. The zero-order chi connectivity index (χ0) is 20.2. The minimum Gasteiger partial charge on any atom is -0.422 e. The molecule has 1 unspecified atom stereocenters. The van der Waals surface area contributed by atoms with Crippen LogP contribution in [-0.4, -0.2) is 11.9 Å². The molecule has 0 saturated heterocycles. The Kier molecular flexibility index (Phi) is 5.25. The van der Waals surface area contributed by atoms with Crippen LogP contribution in [-0.2, 0) is 0 Å². The van der Waals surface area contributed by atoms with Crippen LogP contribution in [0.4, 0.5) is 0 Å². The Hall–Kier alpha value is -3.66. The maximum absolute atomic E-state index is 12.9. The first-order valence-electron chi connectivity index (χ1n) is 9.57. The molecule has 1 N–H and O–H groups in total. The molecule has 0 spiro atoms. The second kappa shape index (κ2) is 8.15. The highest BCUT2D eigenvalue weighted by Gasteiger charge is 2.24. The number of benzene rings is 3. The Morgan fingerprint density at radius 1 is 0.828 bits per heavy atom. The maximum Gasteiger partial charge on any atom is 0.349 e. The number of para-hydroxylation sites is 1. The van der Waals surface area contributed by atoms with Crippen LogP contribution in [0.3, 0.4) is 0 Å². The third-order valence-electron chi connectivity index (χ3n) is 5.06. The van der Waals surface area contributed by atoms with Crippen molar-refractivity contribution in [2.24, 2.45) is 0 Å². The highest BCUT2D eigenvalue weighted by atomic mass is 16.4. The van der Waals surface area contributed by atoms with Gasteiger partial charge in [-0.2, -0.15) is 0 Å². The highest BCUT2D eigenvalue weighted by molar-refractivity contribution is 5.96. The summed E-state index contributed by atoms with van der Waals surface area (Å²) in [6.07, 6.45) is 0. The van der Waals surface area contributed by atoms with E-state index in [-0.39, 0.29) is 17.5 Å². The first-order valence-corrected chi connectivity index (χ1v) is 9.57. The van der Waals surface area contributed by atoms with E-state index in [0.717, 1.165) is 11.1 Å². The van der Waals surface area contributed by atoms with Crippen molar-refractivity contribution in [1.82, 2.24) is 5.32 Å². The van der Waals surface area contributed by atoms with Gasteiger partial charge in [0.1, 0.15) is 11.1 Å². The lowest BCUT2D eigenvalue weighted by atomic mass is 9.85. The lowest BCUT2D eigenvalue weighted by Gasteiger charge is -2.26. The summed E-state index contributed by atoms with van der Waals surface area (Å²) in [4.78, 5) is 25.3. The van der Waals surface area contributed by atoms with Gasteiger partial charge < -0.3 is 9.73 Å². The van der Waals surface area contributed by atoms with E-state index >= 15 is 0 Å². The van der Waals surface area contributed by atoms with Crippen LogP contribution < -0.4 is 10.9 Å². The zero-order valence-corrected chi connectivity index (χ0v) is 16.0. The van der Waals surface area contributed by atoms with Gasteiger partial charge in [0.25, 0.3) is 5.91 Å². The average molecular weight is 383 g/mol. The van der Waals surface area contributed by atoms with Crippen LogP contribution >= 0.6 is 0 Å². The summed E-state index contributed by atoms with van der Waals surface area (Å²) in [5, 5.41) is 3.72. The van der Waals surface area contributed by atoms with Crippen molar-refractivity contribution >= 4 is 16.9 Å². The van der Waals surface area contributed by atoms with Gasteiger partial charge in [0.15, 0.2) is 0 Å².